The van der Waals surface area contributed by atoms with Crippen LogP contribution >= 0.6 is 61.3 Å². The summed E-state index contributed by atoms with van der Waals surface area (Å²) in [6.45, 7) is 9.09. The zero-order chi connectivity index (χ0) is 101. The fraction of sp³-hybridized carbons (Fsp3) is 0.300. The van der Waals surface area contributed by atoms with Crippen molar-refractivity contribution < 1.29 is 63.5 Å². The van der Waals surface area contributed by atoms with Gasteiger partial charge >= 0.3 is 12.4 Å². The number of pyridine rings is 2. The van der Waals surface area contributed by atoms with E-state index in [2.05, 4.69) is 90.3 Å². The largest absolute Gasteiger partial charge is 0.419 e. The fourth-order valence-corrected chi connectivity index (χ4v) is 22.3. The predicted octanol–water partition coefficient (Wildman–Crippen LogP) is 19.1. The van der Waals surface area contributed by atoms with Crippen molar-refractivity contribution >= 4 is 120 Å². The average Bonchev–Trinajstić information content (AvgIpc) is 1.73. The molecule has 0 spiro atoms. The molecule has 39 heteroatoms. The molecule has 9 atom stereocenters. The lowest BCUT2D eigenvalue weighted by molar-refractivity contribution is -0.140. The monoisotopic (exact) mass is 2030 g/mol. The van der Waals surface area contributed by atoms with Crippen molar-refractivity contribution in [3.05, 3.63) is 301 Å². The van der Waals surface area contributed by atoms with Gasteiger partial charge in [0.25, 0.3) is 0 Å². The lowest BCUT2D eigenvalue weighted by atomic mass is 9.64. The number of nitrogens with zero attached hydrogens (tertiary/aromatic N) is 15. The van der Waals surface area contributed by atoms with Crippen molar-refractivity contribution in [3.8, 4) is 46.0 Å². The highest BCUT2D eigenvalue weighted by Gasteiger charge is 2.54. The van der Waals surface area contributed by atoms with Crippen molar-refractivity contribution in [2.75, 3.05) is 35.2 Å². The Morgan fingerprint density at radius 3 is 1.41 bits per heavy atom. The highest BCUT2D eigenvalue weighted by Crippen LogP contribution is 2.55. The number of aromatic nitrogens is 2. The Labute approximate surface area is 818 Å². The number of nitriles is 4. The molecular weight excluding hydrogens is 1940 g/mol. The van der Waals surface area contributed by atoms with Crippen molar-refractivity contribution in [2.45, 2.75) is 154 Å². The number of rotatable bonds is 13. The number of amidine groups is 1. The van der Waals surface area contributed by atoms with Crippen LogP contribution in [0.2, 0.25) is 0 Å². The van der Waals surface area contributed by atoms with E-state index < -0.39 is 104 Å². The van der Waals surface area contributed by atoms with E-state index in [1.54, 1.807) is 88.9 Å². The van der Waals surface area contributed by atoms with Crippen LogP contribution < -0.4 is 22.9 Å². The molecule has 5 amide bonds. The molecule has 18 rings (SSSR count). The Bertz CT molecular complexity index is 6840. The van der Waals surface area contributed by atoms with Crippen LogP contribution in [-0.4, -0.2) is 129 Å². The van der Waals surface area contributed by atoms with Gasteiger partial charge in [-0.2, -0.15) is 47.4 Å². The minimum absolute atomic E-state index is 0.0343. The van der Waals surface area contributed by atoms with Gasteiger partial charge in [-0.1, -0.05) is 79.7 Å². The standard InChI is InChI=1S/C29H26N4OS.C24H23FN4OS.2C18H14F4N4OS.C11H13BrN4O/c1-28(24-12-11-23(35-24)21-6-3-5-19(15-21)17-30)16-25(32)33(2)27(34)26(28)20-7-9-22(10-8-20)29(18-31)13-4-14-29;1-24(20-11-17(13-31-20)19-10-9-18(25)12-27-19)21(22(30)29(2)23(26)28-24)16-7-5-15(6-8-16)14-3-4-14;2*1-17(13-6-4-10(8-23)28-13)14(15(27)26(2)16(24)25-17)9-3-5-11(12(19)7-9)18(20,21)22;1-11(7-3-4-14-8(12)5-7)6-9(17)16(2)10(13)15-11/h3,5-12,15,26,32H,4,13-14,16H2,1-2H3;5-14,21H,3-4H2,1-2H3,(H2,26,28);2*3-7,14H,1-2H3,(H2,24,25);3-5H,6H2,1-2H3,(H2,13,15)/t26?,28-;21-,24-;14-,17+;14-,17-;11-/m11010/s1. The number of nitrogens with one attached hydrogen (secondary N) is 1. The molecule has 7 aliphatic rings. The van der Waals surface area contributed by atoms with Crippen LogP contribution in [0.5, 0.6) is 0 Å². The molecule has 6 aromatic heterocycles. The summed E-state index contributed by atoms with van der Waals surface area (Å²) in [5.41, 5.74) is 24.0. The molecule has 9 N–H and O–H groups in total. The van der Waals surface area contributed by atoms with E-state index in [4.69, 9.17) is 43.9 Å². The van der Waals surface area contributed by atoms with Gasteiger partial charge in [0.1, 0.15) is 66.4 Å². The van der Waals surface area contributed by atoms with Gasteiger partial charge in [-0.05, 0) is 229 Å². The Kier molecular flexibility index (Phi) is 28.3. The number of benzene rings is 5. The summed E-state index contributed by atoms with van der Waals surface area (Å²) in [6.07, 6.45) is -0.762. The maximum atomic E-state index is 14.2. The molecule has 0 bridgehead atoms. The quantitative estimate of drug-likeness (QED) is 0.0529. The number of guanidine groups is 4. The maximum Gasteiger partial charge on any atom is 0.419 e. The first-order valence-corrected chi connectivity index (χ1v) is 47.3. The second-order valence-electron chi connectivity index (χ2n) is 35.5. The molecule has 2 aliphatic carbocycles. The molecule has 3 fully saturated rings. The number of halogens is 10. The van der Waals surface area contributed by atoms with Gasteiger partial charge in [-0.3, -0.25) is 54.0 Å². The molecule has 714 valence electrons. The number of nitrogens with two attached hydrogens (primary N) is 4. The van der Waals surface area contributed by atoms with Crippen LogP contribution in [0.4, 0.5) is 39.5 Å². The number of aliphatic imine (C=N–C) groups is 4. The van der Waals surface area contributed by atoms with E-state index in [0.717, 1.165) is 116 Å². The summed E-state index contributed by atoms with van der Waals surface area (Å²) in [7, 11) is 7.72. The topological polar surface area (TPSA) is 400 Å². The summed E-state index contributed by atoms with van der Waals surface area (Å²) in [5.74, 6) is -6.53. The molecule has 1 unspecified atom stereocenters. The van der Waals surface area contributed by atoms with E-state index in [9.17, 15) is 74.0 Å². The number of alkyl halides is 6. The van der Waals surface area contributed by atoms with Crippen molar-refractivity contribution in [1.29, 1.82) is 26.5 Å². The molecule has 1 saturated heterocycles. The normalized spacial score (nSPS) is 23.4. The molecule has 11 aromatic rings. The number of likely N-dealkylation sites (N-methyl/N-ethyl adjacent to an activating group) is 4. The first kappa shape index (κ1) is 101. The van der Waals surface area contributed by atoms with Crippen LogP contribution in [-0.2, 0) is 69.3 Å². The van der Waals surface area contributed by atoms with Crippen molar-refractivity contribution in [1.82, 2.24) is 34.5 Å². The molecule has 0 radical (unpaired) electrons. The molecule has 25 nitrogen and oxygen atoms in total. The minimum atomic E-state index is -4.85. The van der Waals surface area contributed by atoms with Crippen LogP contribution in [0.3, 0.4) is 0 Å². The average molecular weight is 2030 g/mol. The number of carbonyl (C=O) groups excluding carboxylic acids is 5. The summed E-state index contributed by atoms with van der Waals surface area (Å²) in [4.78, 5) is 102. The van der Waals surface area contributed by atoms with Gasteiger partial charge in [0.15, 0.2) is 23.8 Å². The second-order valence-corrected chi connectivity index (χ2v) is 40.5. The van der Waals surface area contributed by atoms with Crippen LogP contribution in [0.15, 0.2) is 218 Å². The van der Waals surface area contributed by atoms with E-state index >= 15 is 0 Å². The minimum Gasteiger partial charge on any atom is -0.369 e. The van der Waals surface area contributed by atoms with Crippen LogP contribution in [0.25, 0.3) is 21.7 Å². The first-order chi connectivity index (χ1) is 65.6. The number of carbonyl (C=O) groups is 5. The van der Waals surface area contributed by atoms with E-state index in [0.29, 0.717) is 79.6 Å². The van der Waals surface area contributed by atoms with Gasteiger partial charge in [-0.25, -0.2) is 38.1 Å². The number of amides is 5. The molecule has 11 heterocycles. The number of hydrogen-bond acceptors (Lipinski definition) is 24. The van der Waals surface area contributed by atoms with Gasteiger partial charge in [0, 0.05) is 88.6 Å². The van der Waals surface area contributed by atoms with Crippen molar-refractivity contribution in [2.24, 2.45) is 42.9 Å². The van der Waals surface area contributed by atoms with Gasteiger partial charge in [-0.15, -0.1) is 45.3 Å². The number of piperidine rings is 1. The number of likely N-dealkylation sites (tertiary alicyclic amines) is 1. The maximum absolute atomic E-state index is 14.2. The Balaban J connectivity index is 0.000000141. The third-order valence-corrected chi connectivity index (χ3v) is 31.8. The summed E-state index contributed by atoms with van der Waals surface area (Å²) in [6, 6.07) is 56.4. The lowest BCUT2D eigenvalue weighted by Crippen LogP contribution is -2.52. The SMILES string of the molecule is CN1C(=N)C[C@](C)(c2ccc(-c3cccc(C#N)c3)s2)C(c2ccc(C3(C#N)CCC3)cc2)C1=O.CN1C(=O)C[C@@](C)(c2ccnc(Br)c2)N=C1N.CN1C(=O)[C@@H](c2ccc(C(F)(F)F)c(F)c2)[C@@](C)(c2ccc(C#N)s2)N=C1N.CN1C(=O)[C@@H](c2ccc(C3CC3)cc2)[C@@](C)(c2cc(-c3ccc(F)cn3)cs2)N=C1N.CN1C(=O)[C@H](c2ccc(C(F)(F)F)c(F)c2)[C@@](C)(c2ccc(C#N)s2)N=C1N. The van der Waals surface area contributed by atoms with E-state index in [-0.39, 0.29) is 58.5 Å². The van der Waals surface area contributed by atoms with Gasteiger partial charge in [0.05, 0.1) is 81.8 Å². The predicted molar refractivity (Wildman–Crippen MR) is 516 cm³/mol. The third-order valence-electron chi connectivity index (χ3n) is 26.4. The zero-order valence-electron chi connectivity index (χ0n) is 76.3. The second kappa shape index (κ2) is 39.1. The first-order valence-electron chi connectivity index (χ1n) is 43.2. The highest BCUT2D eigenvalue weighted by molar-refractivity contribution is 9.10. The fourth-order valence-electron chi connectivity index (χ4n) is 17.9. The van der Waals surface area contributed by atoms with Crippen molar-refractivity contribution in [3.63, 3.8) is 0 Å². The van der Waals surface area contributed by atoms with Crippen LogP contribution in [0.1, 0.15) is 194 Å². The third kappa shape index (κ3) is 19.9. The molecular formula is C100H90BrF9N20O5S4. The molecule has 2 saturated carbocycles. The Morgan fingerprint density at radius 1 is 0.475 bits per heavy atom. The zero-order valence-corrected chi connectivity index (χ0v) is 81.1. The van der Waals surface area contributed by atoms with E-state index in [1.165, 1.54) is 70.8 Å². The lowest BCUT2D eigenvalue weighted by Gasteiger charge is -2.44. The summed E-state index contributed by atoms with van der Waals surface area (Å²) >= 11 is 8.61. The summed E-state index contributed by atoms with van der Waals surface area (Å²) in [5, 5.41) is 47.6. The molecule has 5 aromatic carbocycles. The Morgan fingerprint density at radius 2 is 0.957 bits per heavy atom. The Hall–Kier alpha value is -14.1. The number of hydrogen-bond donors (Lipinski definition) is 5. The van der Waals surface area contributed by atoms with E-state index in [1.807, 2.05) is 98.1 Å². The van der Waals surface area contributed by atoms with Crippen LogP contribution in [0, 0.1) is 68.2 Å². The van der Waals surface area contributed by atoms with Gasteiger partial charge < -0.3 is 27.8 Å². The summed E-state index contributed by atoms with van der Waals surface area (Å²) < 4.78 is 120. The molecule has 5 aliphatic heterocycles. The highest BCUT2D eigenvalue weighted by atomic mass is 79.9. The molecule has 139 heavy (non-hydrogen) atoms. The smallest absolute Gasteiger partial charge is 0.369 e. The van der Waals surface area contributed by atoms with Gasteiger partial charge in [0.2, 0.25) is 29.5 Å². The number of thiophene rings is 4.